The molecule has 5 rings (SSSR count). The average molecular weight is 453 g/mol. The lowest BCUT2D eigenvalue weighted by Crippen LogP contribution is -2.19. The lowest BCUT2D eigenvalue weighted by molar-refractivity contribution is -0.384. The molecule has 34 heavy (non-hydrogen) atoms. The molecular formula is C25H15N3O6. The fraction of sp³-hybridized carbons (Fsp3) is 0.0400. The van der Waals surface area contributed by atoms with Crippen LogP contribution in [0.5, 0.6) is 11.5 Å². The van der Waals surface area contributed by atoms with Crippen LogP contribution < -0.4 is 4.74 Å². The van der Waals surface area contributed by atoms with Gasteiger partial charge in [0.1, 0.15) is 28.7 Å². The van der Waals surface area contributed by atoms with Crippen LogP contribution in [0.25, 0.3) is 16.7 Å². The summed E-state index contributed by atoms with van der Waals surface area (Å²) in [5.74, 6) is -1.86. The fourth-order valence-corrected chi connectivity index (χ4v) is 4.23. The average Bonchev–Trinajstić information content (AvgIpc) is 3.37. The molecule has 0 radical (unpaired) electrons. The number of allylic oxidation sites excluding steroid dienone is 1. The van der Waals surface area contributed by atoms with E-state index in [1.165, 1.54) is 24.3 Å². The highest BCUT2D eigenvalue weighted by Gasteiger charge is 2.34. The van der Waals surface area contributed by atoms with Crippen LogP contribution in [-0.4, -0.2) is 25.7 Å². The van der Waals surface area contributed by atoms with E-state index in [0.717, 1.165) is 0 Å². The van der Waals surface area contributed by atoms with Crippen LogP contribution in [0.15, 0.2) is 78.6 Å². The zero-order valence-corrected chi connectivity index (χ0v) is 17.4. The van der Waals surface area contributed by atoms with Gasteiger partial charge in [-0.3, -0.25) is 14.7 Å². The minimum atomic E-state index is -1.27. The number of phenols is 1. The maximum absolute atomic E-state index is 11.5. The molecule has 0 saturated heterocycles. The van der Waals surface area contributed by atoms with Gasteiger partial charge in [0.25, 0.3) is 5.69 Å². The van der Waals surface area contributed by atoms with Gasteiger partial charge in [-0.1, -0.05) is 24.3 Å². The Bertz CT molecular complexity index is 1560. The van der Waals surface area contributed by atoms with Gasteiger partial charge in [0.2, 0.25) is 5.88 Å². The molecule has 1 unspecified atom stereocenters. The molecule has 0 fully saturated rings. The molecule has 9 nitrogen and oxygen atoms in total. The second kappa shape index (κ2) is 7.79. The highest BCUT2D eigenvalue weighted by molar-refractivity contribution is 6.00. The second-order valence-corrected chi connectivity index (χ2v) is 7.69. The van der Waals surface area contributed by atoms with Crippen LogP contribution in [0.4, 0.5) is 5.69 Å². The molecule has 0 amide bonds. The lowest BCUT2D eigenvalue weighted by atomic mass is 9.82. The van der Waals surface area contributed by atoms with Crippen LogP contribution >= 0.6 is 0 Å². The molecule has 2 heterocycles. The Morgan fingerprint density at radius 2 is 1.88 bits per heavy atom. The highest BCUT2D eigenvalue weighted by atomic mass is 16.6. The van der Waals surface area contributed by atoms with Crippen molar-refractivity contribution >= 4 is 28.3 Å². The third-order valence-corrected chi connectivity index (χ3v) is 5.75. The molecule has 1 atom stereocenters. The summed E-state index contributed by atoms with van der Waals surface area (Å²) in [5, 5.41) is 42.2. The molecule has 0 spiro atoms. The minimum absolute atomic E-state index is 0.116. The predicted octanol–water partition coefficient (Wildman–Crippen LogP) is 4.87. The van der Waals surface area contributed by atoms with Gasteiger partial charge in [0.15, 0.2) is 0 Å². The first-order valence-electron chi connectivity index (χ1n) is 10.1. The van der Waals surface area contributed by atoms with Gasteiger partial charge in [0.05, 0.1) is 10.8 Å². The number of ether oxygens (including phenoxy) is 1. The van der Waals surface area contributed by atoms with Gasteiger partial charge in [0, 0.05) is 35.5 Å². The molecule has 9 heteroatoms. The van der Waals surface area contributed by atoms with Crippen molar-refractivity contribution in [2.75, 3.05) is 0 Å². The first-order chi connectivity index (χ1) is 16.4. The van der Waals surface area contributed by atoms with Crippen molar-refractivity contribution in [1.82, 2.24) is 4.57 Å². The van der Waals surface area contributed by atoms with E-state index in [9.17, 15) is 30.4 Å². The van der Waals surface area contributed by atoms with E-state index in [1.54, 1.807) is 53.4 Å². The molecule has 0 saturated carbocycles. The molecule has 3 aromatic carbocycles. The van der Waals surface area contributed by atoms with Crippen molar-refractivity contribution in [3.8, 4) is 17.6 Å². The Morgan fingerprint density at radius 1 is 1.12 bits per heavy atom. The summed E-state index contributed by atoms with van der Waals surface area (Å²) >= 11 is 0. The lowest BCUT2D eigenvalue weighted by Gasteiger charge is -2.29. The maximum Gasteiger partial charge on any atom is 0.339 e. The number of aromatic hydroxyl groups is 1. The molecule has 1 aromatic heterocycles. The summed E-state index contributed by atoms with van der Waals surface area (Å²) in [6.45, 7) is 0. The van der Waals surface area contributed by atoms with E-state index in [1.807, 2.05) is 0 Å². The van der Waals surface area contributed by atoms with E-state index in [2.05, 4.69) is 6.07 Å². The Balaban J connectivity index is 1.83. The monoisotopic (exact) mass is 453 g/mol. The number of carbonyl (C=O) groups is 1. The first kappa shape index (κ1) is 20.8. The maximum atomic E-state index is 11.5. The molecular weight excluding hydrogens is 438 g/mol. The summed E-state index contributed by atoms with van der Waals surface area (Å²) in [6.07, 6.45) is 3.40. The zero-order valence-electron chi connectivity index (χ0n) is 17.4. The van der Waals surface area contributed by atoms with Crippen LogP contribution in [-0.2, 0) is 0 Å². The molecule has 0 aliphatic carbocycles. The van der Waals surface area contributed by atoms with Gasteiger partial charge >= 0.3 is 5.97 Å². The number of nitriles is 1. The molecule has 1 aliphatic heterocycles. The van der Waals surface area contributed by atoms with Crippen LogP contribution in [0.2, 0.25) is 0 Å². The Labute approximate surface area is 192 Å². The molecule has 4 aromatic rings. The normalized spacial score (nSPS) is 14.9. The van der Waals surface area contributed by atoms with Crippen molar-refractivity contribution in [3.05, 3.63) is 105 Å². The quantitative estimate of drug-likeness (QED) is 0.332. The largest absolute Gasteiger partial charge is 0.507 e. The smallest absolute Gasteiger partial charge is 0.339 e. The van der Waals surface area contributed by atoms with Gasteiger partial charge in [-0.25, -0.2) is 4.79 Å². The van der Waals surface area contributed by atoms with Gasteiger partial charge < -0.3 is 14.9 Å². The van der Waals surface area contributed by atoms with Crippen molar-refractivity contribution in [2.45, 2.75) is 5.92 Å². The Morgan fingerprint density at radius 3 is 2.56 bits per heavy atom. The van der Waals surface area contributed by atoms with Crippen molar-refractivity contribution in [1.29, 1.82) is 5.26 Å². The summed E-state index contributed by atoms with van der Waals surface area (Å²) in [4.78, 5) is 22.4. The number of fused-ring (bicyclic) bond motifs is 3. The second-order valence-electron chi connectivity index (χ2n) is 7.69. The Kier molecular flexibility index (Phi) is 4.76. The van der Waals surface area contributed by atoms with E-state index >= 15 is 0 Å². The highest BCUT2D eigenvalue weighted by Crippen LogP contribution is 2.48. The number of nitrogens with zero attached hydrogens (tertiary/aromatic N) is 3. The number of rotatable bonds is 4. The van der Waals surface area contributed by atoms with Gasteiger partial charge in [-0.05, 0) is 35.2 Å². The van der Waals surface area contributed by atoms with Crippen LogP contribution in [0, 0.1) is 21.4 Å². The van der Waals surface area contributed by atoms with Crippen LogP contribution in [0.3, 0.4) is 0 Å². The van der Waals surface area contributed by atoms with Gasteiger partial charge in [-0.2, -0.15) is 5.26 Å². The van der Waals surface area contributed by atoms with Crippen molar-refractivity contribution < 1.29 is 24.7 Å². The summed E-state index contributed by atoms with van der Waals surface area (Å²) < 4.78 is 7.83. The van der Waals surface area contributed by atoms with Crippen molar-refractivity contribution in [2.24, 2.45) is 0 Å². The minimum Gasteiger partial charge on any atom is -0.507 e. The van der Waals surface area contributed by atoms with Gasteiger partial charge in [-0.15, -0.1) is 0 Å². The van der Waals surface area contributed by atoms with E-state index < -0.39 is 22.6 Å². The summed E-state index contributed by atoms with van der Waals surface area (Å²) in [6, 6.07) is 17.8. The standard InChI is InChI=1S/C25H15N3O6/c26-13-20-22(15-4-3-5-16(10-15)28(32)33)17-7-6-14-11-19(25(30)31)21(29)12-18(14)23(17)34-24(20)27-8-1-2-9-27/h1-12,22,29H,(H,30,31). The number of carboxylic acid groups (broad SMARTS) is 1. The number of hydrogen-bond acceptors (Lipinski definition) is 6. The van der Waals surface area contributed by atoms with E-state index in [-0.39, 0.29) is 22.7 Å². The molecule has 1 aliphatic rings. The number of hydrogen-bond donors (Lipinski definition) is 2. The molecule has 166 valence electrons. The first-order valence-corrected chi connectivity index (χ1v) is 10.1. The SMILES string of the molecule is N#CC1=C(n2cccc2)Oc2c(ccc3cc(C(=O)O)c(O)cc23)C1c1cccc([N+](=O)[O-])c1. The number of aromatic carboxylic acids is 1. The van der Waals surface area contributed by atoms with Crippen molar-refractivity contribution in [3.63, 3.8) is 0 Å². The number of carboxylic acids is 1. The molecule has 0 bridgehead atoms. The Hall–Kier alpha value is -5.10. The summed E-state index contributed by atoms with van der Waals surface area (Å²) in [5.41, 5.74) is 0.954. The number of non-ortho nitro benzene ring substituents is 1. The predicted molar refractivity (Wildman–Crippen MR) is 121 cm³/mol. The number of aromatic nitrogens is 1. The number of nitro benzene ring substituents is 1. The van der Waals surface area contributed by atoms with E-state index in [4.69, 9.17) is 4.74 Å². The number of benzene rings is 3. The van der Waals surface area contributed by atoms with E-state index in [0.29, 0.717) is 27.6 Å². The fourth-order valence-electron chi connectivity index (χ4n) is 4.23. The topological polar surface area (TPSA) is 139 Å². The summed E-state index contributed by atoms with van der Waals surface area (Å²) in [7, 11) is 0. The zero-order chi connectivity index (χ0) is 24.0. The van der Waals surface area contributed by atoms with Crippen LogP contribution in [0.1, 0.15) is 27.4 Å². The number of nitro groups is 1. The third kappa shape index (κ3) is 3.22. The molecule has 2 N–H and O–H groups in total. The third-order valence-electron chi connectivity index (χ3n) is 5.75.